The number of hydrogen-bond donors (Lipinski definition) is 1. The average molecular weight is 280 g/mol. The Hall–Kier alpha value is -1.32. The summed E-state index contributed by atoms with van der Waals surface area (Å²) in [5.41, 5.74) is 1.66. The molecule has 1 heterocycles. The molecule has 5 heteroatoms. The molecular formula is C13H11Cl2N3. The van der Waals surface area contributed by atoms with Crippen molar-refractivity contribution in [1.29, 1.82) is 0 Å². The normalized spacial score (nSPS) is 14.6. The molecule has 0 aliphatic heterocycles. The molecule has 3 rings (SSSR count). The van der Waals surface area contributed by atoms with Crippen LogP contribution in [-0.2, 0) is 0 Å². The van der Waals surface area contributed by atoms with Crippen LogP contribution < -0.4 is 5.32 Å². The maximum Gasteiger partial charge on any atom is 0.223 e. The van der Waals surface area contributed by atoms with Crippen LogP contribution in [0.25, 0.3) is 11.3 Å². The van der Waals surface area contributed by atoms with Crippen molar-refractivity contribution in [3.8, 4) is 11.3 Å². The summed E-state index contributed by atoms with van der Waals surface area (Å²) >= 11 is 12.1. The lowest BCUT2D eigenvalue weighted by atomic mass is 10.1. The molecule has 0 atom stereocenters. The highest BCUT2D eigenvalue weighted by molar-refractivity contribution is 6.36. The Morgan fingerprint density at radius 2 is 2.00 bits per heavy atom. The Kier molecular flexibility index (Phi) is 3.10. The smallest absolute Gasteiger partial charge is 0.223 e. The number of benzene rings is 1. The summed E-state index contributed by atoms with van der Waals surface area (Å²) in [6.07, 6.45) is 4.11. The van der Waals surface area contributed by atoms with E-state index in [9.17, 15) is 0 Å². The standard InChI is InChI=1S/C13H11Cl2N3/c14-8-1-4-10(11(15)7-8)12-5-6-16-13(18-12)17-9-2-3-9/h1,4-7,9H,2-3H2,(H,16,17,18). The monoisotopic (exact) mass is 279 g/mol. The summed E-state index contributed by atoms with van der Waals surface area (Å²) in [6, 6.07) is 7.76. The van der Waals surface area contributed by atoms with Crippen molar-refractivity contribution in [1.82, 2.24) is 9.97 Å². The van der Waals surface area contributed by atoms with Crippen molar-refractivity contribution in [2.24, 2.45) is 0 Å². The number of rotatable bonds is 3. The summed E-state index contributed by atoms with van der Waals surface area (Å²) in [7, 11) is 0. The third kappa shape index (κ3) is 2.57. The average Bonchev–Trinajstić information content (AvgIpc) is 3.13. The van der Waals surface area contributed by atoms with E-state index in [1.165, 1.54) is 12.8 Å². The van der Waals surface area contributed by atoms with Crippen LogP contribution in [0.2, 0.25) is 10.0 Å². The summed E-state index contributed by atoms with van der Waals surface area (Å²) in [5, 5.41) is 4.48. The highest BCUT2D eigenvalue weighted by atomic mass is 35.5. The van der Waals surface area contributed by atoms with E-state index >= 15 is 0 Å². The Balaban J connectivity index is 1.94. The van der Waals surface area contributed by atoms with Crippen LogP contribution >= 0.6 is 23.2 Å². The molecule has 0 unspecified atom stereocenters. The minimum atomic E-state index is 0.529. The first kappa shape index (κ1) is 11.8. The van der Waals surface area contributed by atoms with Gasteiger partial charge < -0.3 is 5.32 Å². The van der Waals surface area contributed by atoms with Gasteiger partial charge in [-0.3, -0.25) is 0 Å². The van der Waals surface area contributed by atoms with E-state index in [-0.39, 0.29) is 0 Å². The second-order valence-electron chi connectivity index (χ2n) is 4.31. The largest absolute Gasteiger partial charge is 0.351 e. The van der Waals surface area contributed by atoms with Crippen molar-refractivity contribution in [3.05, 3.63) is 40.5 Å². The Morgan fingerprint density at radius 1 is 1.17 bits per heavy atom. The predicted molar refractivity (Wildman–Crippen MR) is 74.1 cm³/mol. The van der Waals surface area contributed by atoms with Crippen molar-refractivity contribution in [2.75, 3.05) is 5.32 Å². The van der Waals surface area contributed by atoms with Gasteiger partial charge >= 0.3 is 0 Å². The lowest BCUT2D eigenvalue weighted by Gasteiger charge is -2.07. The molecule has 0 spiro atoms. The molecule has 0 bridgehead atoms. The molecule has 0 radical (unpaired) electrons. The second-order valence-corrected chi connectivity index (χ2v) is 5.15. The molecule has 1 aliphatic carbocycles. The van der Waals surface area contributed by atoms with Crippen molar-refractivity contribution < 1.29 is 0 Å². The van der Waals surface area contributed by atoms with Crippen molar-refractivity contribution in [3.63, 3.8) is 0 Å². The maximum absolute atomic E-state index is 6.17. The van der Waals surface area contributed by atoms with Crippen LogP contribution in [-0.4, -0.2) is 16.0 Å². The molecule has 92 valence electrons. The number of aromatic nitrogens is 2. The number of hydrogen-bond acceptors (Lipinski definition) is 3. The van der Waals surface area contributed by atoms with Crippen LogP contribution in [0.3, 0.4) is 0 Å². The van der Waals surface area contributed by atoms with Gasteiger partial charge in [-0.25, -0.2) is 9.97 Å². The fourth-order valence-corrected chi connectivity index (χ4v) is 2.19. The van der Waals surface area contributed by atoms with Gasteiger partial charge in [0.05, 0.1) is 10.7 Å². The van der Waals surface area contributed by atoms with E-state index in [1.807, 2.05) is 12.1 Å². The quantitative estimate of drug-likeness (QED) is 0.922. The van der Waals surface area contributed by atoms with Gasteiger partial charge in [0.2, 0.25) is 5.95 Å². The molecule has 1 aliphatic rings. The molecular weight excluding hydrogens is 269 g/mol. The lowest BCUT2D eigenvalue weighted by molar-refractivity contribution is 1.06. The highest BCUT2D eigenvalue weighted by Gasteiger charge is 2.22. The zero-order chi connectivity index (χ0) is 12.5. The molecule has 1 aromatic heterocycles. The SMILES string of the molecule is Clc1ccc(-c2ccnc(NC3CC3)n2)c(Cl)c1. The van der Waals surface area contributed by atoms with Gasteiger partial charge in [0.1, 0.15) is 0 Å². The fraction of sp³-hybridized carbons (Fsp3) is 0.231. The van der Waals surface area contributed by atoms with E-state index in [0.29, 0.717) is 22.0 Å². The third-order valence-corrected chi connectivity index (χ3v) is 3.32. The minimum absolute atomic E-state index is 0.529. The zero-order valence-corrected chi connectivity index (χ0v) is 11.0. The van der Waals surface area contributed by atoms with E-state index in [0.717, 1.165) is 11.3 Å². The number of nitrogens with one attached hydrogen (secondary N) is 1. The minimum Gasteiger partial charge on any atom is -0.351 e. The molecule has 1 aromatic carbocycles. The summed E-state index contributed by atoms with van der Waals surface area (Å²) in [5.74, 6) is 0.654. The van der Waals surface area contributed by atoms with E-state index < -0.39 is 0 Å². The first-order valence-electron chi connectivity index (χ1n) is 5.77. The van der Waals surface area contributed by atoms with E-state index in [2.05, 4.69) is 15.3 Å². The topological polar surface area (TPSA) is 37.8 Å². The third-order valence-electron chi connectivity index (χ3n) is 2.77. The van der Waals surface area contributed by atoms with Gasteiger partial charge in [-0.2, -0.15) is 0 Å². The zero-order valence-electron chi connectivity index (χ0n) is 9.53. The second kappa shape index (κ2) is 4.75. The maximum atomic E-state index is 6.17. The van der Waals surface area contributed by atoms with Gasteiger partial charge in [-0.15, -0.1) is 0 Å². The van der Waals surface area contributed by atoms with E-state index in [1.54, 1.807) is 18.3 Å². The summed E-state index contributed by atoms with van der Waals surface area (Å²) < 4.78 is 0. The first-order valence-corrected chi connectivity index (χ1v) is 6.53. The Labute approximate surface area is 115 Å². The lowest BCUT2D eigenvalue weighted by Crippen LogP contribution is -2.05. The van der Waals surface area contributed by atoms with Gasteiger partial charge in [0, 0.05) is 22.8 Å². The van der Waals surface area contributed by atoms with Crippen molar-refractivity contribution in [2.45, 2.75) is 18.9 Å². The highest BCUT2D eigenvalue weighted by Crippen LogP contribution is 2.30. The molecule has 3 nitrogen and oxygen atoms in total. The van der Waals surface area contributed by atoms with Crippen LogP contribution in [0, 0.1) is 0 Å². The van der Waals surface area contributed by atoms with Crippen LogP contribution in [0.4, 0.5) is 5.95 Å². The van der Waals surface area contributed by atoms with Gasteiger partial charge in [0.15, 0.2) is 0 Å². The molecule has 0 amide bonds. The molecule has 1 N–H and O–H groups in total. The van der Waals surface area contributed by atoms with Crippen LogP contribution in [0.1, 0.15) is 12.8 Å². The number of nitrogens with zero attached hydrogens (tertiary/aromatic N) is 2. The first-order chi connectivity index (χ1) is 8.72. The van der Waals surface area contributed by atoms with Crippen LogP contribution in [0.15, 0.2) is 30.5 Å². The van der Waals surface area contributed by atoms with E-state index in [4.69, 9.17) is 23.2 Å². The van der Waals surface area contributed by atoms with Crippen molar-refractivity contribution >= 4 is 29.2 Å². The molecule has 1 saturated carbocycles. The molecule has 1 fully saturated rings. The van der Waals surface area contributed by atoms with Crippen LogP contribution in [0.5, 0.6) is 0 Å². The molecule has 2 aromatic rings. The van der Waals surface area contributed by atoms with Gasteiger partial charge in [0.25, 0.3) is 0 Å². The fourth-order valence-electron chi connectivity index (χ4n) is 1.69. The predicted octanol–water partition coefficient (Wildman–Crippen LogP) is 4.02. The van der Waals surface area contributed by atoms with Gasteiger partial charge in [-0.05, 0) is 37.1 Å². The number of anilines is 1. The summed E-state index contributed by atoms with van der Waals surface area (Å²) in [4.78, 5) is 8.66. The molecule has 0 saturated heterocycles. The van der Waals surface area contributed by atoms with Gasteiger partial charge in [-0.1, -0.05) is 23.2 Å². The number of halogens is 2. The Morgan fingerprint density at radius 3 is 2.72 bits per heavy atom. The summed E-state index contributed by atoms with van der Waals surface area (Å²) in [6.45, 7) is 0. The molecule has 18 heavy (non-hydrogen) atoms. The Bertz CT molecular complexity index is 582.